The minimum Gasteiger partial charge on any atom is -0.353 e. The normalized spacial score (nSPS) is 16.3. The molecule has 0 spiro atoms. The molecule has 0 aliphatic heterocycles. The molecule has 1 unspecified atom stereocenters. The van der Waals surface area contributed by atoms with Gasteiger partial charge in [0.05, 0.1) is 0 Å². The van der Waals surface area contributed by atoms with Crippen LogP contribution in [-0.4, -0.2) is 11.9 Å². The third-order valence-electron chi connectivity index (χ3n) is 5.49. The summed E-state index contributed by atoms with van der Waals surface area (Å²) >= 11 is 3.49. The zero-order valence-electron chi connectivity index (χ0n) is 15.0. The van der Waals surface area contributed by atoms with E-state index in [1.54, 1.807) is 0 Å². The van der Waals surface area contributed by atoms with E-state index in [0.717, 1.165) is 30.2 Å². The van der Waals surface area contributed by atoms with Crippen molar-refractivity contribution >= 4 is 21.8 Å². The van der Waals surface area contributed by atoms with Crippen molar-refractivity contribution in [3.8, 4) is 0 Å². The van der Waals surface area contributed by atoms with Gasteiger partial charge in [0.25, 0.3) is 0 Å². The van der Waals surface area contributed by atoms with E-state index < -0.39 is 0 Å². The molecular weight excluding hydrogens is 374 g/mol. The Hall–Kier alpha value is -1.61. The van der Waals surface area contributed by atoms with Crippen LogP contribution < -0.4 is 5.32 Å². The zero-order valence-corrected chi connectivity index (χ0v) is 16.6. The van der Waals surface area contributed by atoms with E-state index in [9.17, 15) is 4.79 Å². The summed E-state index contributed by atoms with van der Waals surface area (Å²) in [5.74, 6) is 0.149. The highest BCUT2D eigenvalue weighted by atomic mass is 79.9. The molecule has 2 aromatic rings. The molecule has 25 heavy (non-hydrogen) atoms. The van der Waals surface area contributed by atoms with Crippen LogP contribution in [0.3, 0.4) is 0 Å². The fourth-order valence-electron chi connectivity index (χ4n) is 3.54. The Morgan fingerprint density at radius 1 is 1.08 bits per heavy atom. The van der Waals surface area contributed by atoms with Crippen LogP contribution >= 0.6 is 15.9 Å². The zero-order chi connectivity index (χ0) is 17.9. The van der Waals surface area contributed by atoms with Gasteiger partial charge >= 0.3 is 0 Å². The number of rotatable bonds is 7. The van der Waals surface area contributed by atoms with Crippen molar-refractivity contribution in [3.05, 3.63) is 69.7 Å². The fourth-order valence-corrected chi connectivity index (χ4v) is 3.80. The number of amides is 1. The Balaban J connectivity index is 1.54. The number of nitrogens with one attached hydrogen (secondary N) is 1. The van der Waals surface area contributed by atoms with E-state index in [2.05, 4.69) is 83.6 Å². The molecule has 2 nitrogen and oxygen atoms in total. The highest BCUT2D eigenvalue weighted by Crippen LogP contribution is 2.51. The Morgan fingerprint density at radius 2 is 1.68 bits per heavy atom. The van der Waals surface area contributed by atoms with Gasteiger partial charge < -0.3 is 5.32 Å². The summed E-state index contributed by atoms with van der Waals surface area (Å²) in [5, 5.41) is 3.24. The molecule has 0 radical (unpaired) electrons. The van der Waals surface area contributed by atoms with Crippen LogP contribution in [0.5, 0.6) is 0 Å². The monoisotopic (exact) mass is 399 g/mol. The van der Waals surface area contributed by atoms with Crippen molar-refractivity contribution < 1.29 is 4.79 Å². The molecule has 0 saturated heterocycles. The number of hydrogen-bond donors (Lipinski definition) is 1. The SMILES string of the molecule is CCc1ccc(CCC(=O)NC(C)C2(c3ccc(Br)cc3)CC2)cc1. The second-order valence-electron chi connectivity index (χ2n) is 7.12. The van der Waals surface area contributed by atoms with Crippen molar-refractivity contribution in [3.63, 3.8) is 0 Å². The second-order valence-corrected chi connectivity index (χ2v) is 8.04. The van der Waals surface area contributed by atoms with E-state index in [0.29, 0.717) is 6.42 Å². The molecular formula is C22H26BrNO. The molecule has 1 atom stereocenters. The van der Waals surface area contributed by atoms with Crippen LogP contribution in [0.25, 0.3) is 0 Å². The highest BCUT2D eigenvalue weighted by molar-refractivity contribution is 9.10. The molecule has 2 aromatic carbocycles. The maximum atomic E-state index is 12.4. The van der Waals surface area contributed by atoms with E-state index >= 15 is 0 Å². The summed E-state index contributed by atoms with van der Waals surface area (Å²) < 4.78 is 1.10. The van der Waals surface area contributed by atoms with Gasteiger partial charge in [0.1, 0.15) is 0 Å². The number of hydrogen-bond acceptors (Lipinski definition) is 1. The summed E-state index contributed by atoms with van der Waals surface area (Å²) in [7, 11) is 0. The van der Waals surface area contributed by atoms with Gasteiger partial charge in [-0.05, 0) is 61.4 Å². The second kappa shape index (κ2) is 7.74. The minimum atomic E-state index is 0.124. The van der Waals surface area contributed by atoms with Crippen molar-refractivity contribution in [1.29, 1.82) is 0 Å². The molecule has 1 amide bonds. The van der Waals surface area contributed by atoms with Crippen molar-refractivity contribution in [2.45, 2.75) is 57.4 Å². The van der Waals surface area contributed by atoms with Crippen LogP contribution in [0.1, 0.15) is 49.8 Å². The van der Waals surface area contributed by atoms with Crippen molar-refractivity contribution in [1.82, 2.24) is 5.32 Å². The summed E-state index contributed by atoms with van der Waals surface area (Å²) in [6.07, 6.45) is 4.69. The minimum absolute atomic E-state index is 0.124. The topological polar surface area (TPSA) is 29.1 Å². The standard InChI is InChI=1S/C22H26BrNO/c1-3-17-4-6-18(7-5-17)8-13-21(25)24-16(2)22(14-15-22)19-9-11-20(23)12-10-19/h4-7,9-12,16H,3,8,13-15H2,1-2H3,(H,24,25). The smallest absolute Gasteiger partial charge is 0.220 e. The Morgan fingerprint density at radius 3 is 2.24 bits per heavy atom. The first-order chi connectivity index (χ1) is 12.0. The molecule has 132 valence electrons. The van der Waals surface area contributed by atoms with Gasteiger partial charge in [0, 0.05) is 22.4 Å². The summed E-state index contributed by atoms with van der Waals surface area (Å²) in [5.41, 5.74) is 4.03. The lowest BCUT2D eigenvalue weighted by Crippen LogP contribution is -2.41. The maximum absolute atomic E-state index is 12.4. The molecule has 1 aliphatic carbocycles. The predicted molar refractivity (Wildman–Crippen MR) is 107 cm³/mol. The van der Waals surface area contributed by atoms with Crippen LogP contribution in [-0.2, 0) is 23.1 Å². The first kappa shape index (κ1) is 18.2. The molecule has 3 rings (SSSR count). The predicted octanol–water partition coefficient (Wildman–Crippen LogP) is 5.18. The lowest BCUT2D eigenvalue weighted by atomic mass is 9.89. The molecule has 1 aliphatic rings. The van der Waals surface area contributed by atoms with Crippen molar-refractivity contribution in [2.24, 2.45) is 0 Å². The van der Waals surface area contributed by atoms with Crippen LogP contribution in [0.4, 0.5) is 0 Å². The van der Waals surface area contributed by atoms with Crippen LogP contribution in [0.15, 0.2) is 53.0 Å². The number of aryl methyl sites for hydroxylation is 2. The van der Waals surface area contributed by atoms with Gasteiger partial charge in [-0.25, -0.2) is 0 Å². The van der Waals surface area contributed by atoms with E-state index in [4.69, 9.17) is 0 Å². The summed E-state index contributed by atoms with van der Waals surface area (Å²) in [4.78, 5) is 12.4. The number of halogens is 1. The Labute approximate surface area is 159 Å². The molecule has 1 saturated carbocycles. The molecule has 0 bridgehead atoms. The van der Waals surface area contributed by atoms with Gasteiger partial charge in [-0.1, -0.05) is 59.3 Å². The Bertz CT molecular complexity index is 717. The van der Waals surface area contributed by atoms with Gasteiger partial charge in [-0.15, -0.1) is 0 Å². The molecule has 3 heteroatoms. The van der Waals surface area contributed by atoms with Crippen molar-refractivity contribution in [2.75, 3.05) is 0 Å². The summed E-state index contributed by atoms with van der Waals surface area (Å²) in [6, 6.07) is 17.3. The van der Waals surface area contributed by atoms with Crippen LogP contribution in [0, 0.1) is 0 Å². The van der Waals surface area contributed by atoms with Gasteiger partial charge in [-0.3, -0.25) is 4.79 Å². The Kier molecular flexibility index (Phi) is 5.63. The molecule has 0 heterocycles. The van der Waals surface area contributed by atoms with Crippen LogP contribution in [0.2, 0.25) is 0 Å². The number of carbonyl (C=O) groups excluding carboxylic acids is 1. The highest BCUT2D eigenvalue weighted by Gasteiger charge is 2.49. The van der Waals surface area contributed by atoms with E-state index in [1.807, 2.05) is 0 Å². The first-order valence-corrected chi connectivity index (χ1v) is 9.96. The largest absolute Gasteiger partial charge is 0.353 e. The van der Waals surface area contributed by atoms with E-state index in [1.165, 1.54) is 16.7 Å². The third kappa shape index (κ3) is 4.33. The number of carbonyl (C=O) groups is 1. The average molecular weight is 400 g/mol. The maximum Gasteiger partial charge on any atom is 0.220 e. The number of benzene rings is 2. The quantitative estimate of drug-likeness (QED) is 0.682. The molecule has 0 aromatic heterocycles. The van der Waals surface area contributed by atoms with Gasteiger partial charge in [0.2, 0.25) is 5.91 Å². The summed E-state index contributed by atoms with van der Waals surface area (Å²) in [6.45, 7) is 4.30. The third-order valence-corrected chi connectivity index (χ3v) is 6.01. The molecule has 1 N–H and O–H groups in total. The lowest BCUT2D eigenvalue weighted by molar-refractivity contribution is -0.121. The first-order valence-electron chi connectivity index (χ1n) is 9.17. The van der Waals surface area contributed by atoms with Gasteiger partial charge in [-0.2, -0.15) is 0 Å². The lowest BCUT2D eigenvalue weighted by Gasteiger charge is -2.25. The average Bonchev–Trinajstić information content (AvgIpc) is 3.43. The van der Waals surface area contributed by atoms with E-state index in [-0.39, 0.29) is 17.4 Å². The molecule has 1 fully saturated rings. The van der Waals surface area contributed by atoms with Gasteiger partial charge in [0.15, 0.2) is 0 Å². The fraction of sp³-hybridized carbons (Fsp3) is 0.409.